The molecule has 2 aromatic carbocycles. The normalized spacial score (nSPS) is 20.9. The number of nitrogens with one attached hydrogen (secondary N) is 4. The summed E-state index contributed by atoms with van der Waals surface area (Å²) < 4.78 is 10.8. The van der Waals surface area contributed by atoms with Crippen molar-refractivity contribution in [2.45, 2.75) is 90.4 Å². The van der Waals surface area contributed by atoms with Gasteiger partial charge >= 0.3 is 12.2 Å². The maximum Gasteiger partial charge on any atom is 0.407 e. The lowest BCUT2D eigenvalue weighted by molar-refractivity contribution is -0.140. The Kier molecular flexibility index (Phi) is 11.2. The molecule has 15 heteroatoms. The Balaban J connectivity index is 1.02. The number of nitrogens with zero attached hydrogens (tertiary/aromatic N) is 4. The molecule has 3 aliphatic rings. The second kappa shape index (κ2) is 16.4. The van der Waals surface area contributed by atoms with Gasteiger partial charge in [-0.3, -0.25) is 9.59 Å². The molecule has 1 saturated carbocycles. The molecule has 316 valence electrons. The van der Waals surface area contributed by atoms with Crippen molar-refractivity contribution in [2.75, 3.05) is 27.3 Å². The third kappa shape index (κ3) is 7.41. The number of H-pyrrole nitrogens is 2. The first kappa shape index (κ1) is 41.1. The molecule has 3 fully saturated rings. The zero-order chi connectivity index (χ0) is 42.5. The molecule has 0 spiro atoms. The molecule has 8 rings (SSSR count). The van der Waals surface area contributed by atoms with Gasteiger partial charge in [-0.15, -0.1) is 11.3 Å². The van der Waals surface area contributed by atoms with Crippen LogP contribution in [0, 0.1) is 24.7 Å². The molecule has 5 heterocycles. The van der Waals surface area contributed by atoms with Gasteiger partial charge in [-0.2, -0.15) is 0 Å². The number of carbonyl (C=O) groups excluding carboxylic acids is 4. The SMILES string of the molecule is COC(=O)N[C@H](C(=O)N1CCC[C@H]1c1ncc(-c2ccc(-c3ccc(-c4cnc(C56CCC(CN5C(=O)[C@@H](NC(=O)OC)C(C)C)C6)[nH]4)cc3)c3cc(C)sc23)[nH]1)C(C)C. The summed E-state index contributed by atoms with van der Waals surface area (Å²) in [6, 6.07) is 13.4. The van der Waals surface area contributed by atoms with E-state index in [9.17, 15) is 19.2 Å². The molecule has 5 atom stereocenters. The Morgan fingerprint density at radius 1 is 0.833 bits per heavy atom. The van der Waals surface area contributed by atoms with Crippen LogP contribution in [0.1, 0.15) is 82.4 Å². The van der Waals surface area contributed by atoms with E-state index < -0.39 is 29.8 Å². The average molecular weight is 835 g/mol. The van der Waals surface area contributed by atoms with Crippen molar-refractivity contribution >= 4 is 45.4 Å². The summed E-state index contributed by atoms with van der Waals surface area (Å²) in [6.07, 6.45) is 6.78. The zero-order valence-electron chi connectivity index (χ0n) is 35.3. The van der Waals surface area contributed by atoms with E-state index in [2.05, 4.69) is 70.0 Å². The first-order valence-corrected chi connectivity index (χ1v) is 21.7. The van der Waals surface area contributed by atoms with E-state index in [1.54, 1.807) is 11.3 Å². The number of ether oxygens (including phenoxy) is 2. The van der Waals surface area contributed by atoms with Crippen molar-refractivity contribution in [3.8, 4) is 33.6 Å². The summed E-state index contributed by atoms with van der Waals surface area (Å²) in [6.45, 7) is 11.0. The van der Waals surface area contributed by atoms with Gasteiger partial charge in [0, 0.05) is 33.6 Å². The molecule has 2 bridgehead atoms. The maximum absolute atomic E-state index is 14.0. The first-order valence-electron chi connectivity index (χ1n) is 20.9. The Bertz CT molecular complexity index is 2420. The summed E-state index contributed by atoms with van der Waals surface area (Å²) in [7, 11) is 2.60. The highest BCUT2D eigenvalue weighted by atomic mass is 32.1. The number of hydrogen-bond acceptors (Lipinski definition) is 9. The lowest BCUT2D eigenvalue weighted by Gasteiger charge is -2.40. The number of thiophene rings is 1. The first-order chi connectivity index (χ1) is 28.8. The molecule has 3 aromatic heterocycles. The zero-order valence-corrected chi connectivity index (χ0v) is 36.1. The van der Waals surface area contributed by atoms with E-state index >= 15 is 0 Å². The van der Waals surface area contributed by atoms with Gasteiger partial charge in [0.1, 0.15) is 29.3 Å². The fraction of sp³-hybridized carbons (Fsp3) is 0.467. The van der Waals surface area contributed by atoms with Gasteiger partial charge in [-0.05, 0) is 79.5 Å². The van der Waals surface area contributed by atoms with Crippen LogP contribution in [0.3, 0.4) is 0 Å². The Morgan fingerprint density at radius 2 is 1.48 bits per heavy atom. The molecule has 4 amide bonds. The van der Waals surface area contributed by atoms with Crippen LogP contribution in [0.5, 0.6) is 0 Å². The number of benzene rings is 2. The summed E-state index contributed by atoms with van der Waals surface area (Å²) in [5.41, 5.74) is 5.47. The molecule has 2 saturated heterocycles. The molecular weight excluding hydrogens is 781 g/mol. The molecular formula is C45H54N8O6S. The predicted octanol–water partition coefficient (Wildman–Crippen LogP) is 7.92. The maximum atomic E-state index is 14.0. The minimum atomic E-state index is -0.698. The molecule has 5 aromatic rings. The number of alkyl carbamates (subject to hydrolysis) is 2. The number of fused-ring (bicyclic) bond motifs is 3. The highest BCUT2D eigenvalue weighted by Gasteiger charge is 2.56. The van der Waals surface area contributed by atoms with Gasteiger partial charge in [0.2, 0.25) is 11.8 Å². The van der Waals surface area contributed by atoms with Crippen molar-refractivity contribution < 1.29 is 28.7 Å². The fourth-order valence-corrected chi connectivity index (χ4v) is 10.6. The molecule has 2 unspecified atom stereocenters. The summed E-state index contributed by atoms with van der Waals surface area (Å²) in [5.74, 6) is 1.44. The number of aromatic amines is 2. The van der Waals surface area contributed by atoms with E-state index in [1.807, 2.05) is 49.9 Å². The second-order valence-corrected chi connectivity index (χ2v) is 18.4. The largest absolute Gasteiger partial charge is 0.453 e. The number of rotatable bonds is 11. The Labute approximate surface area is 353 Å². The predicted molar refractivity (Wildman–Crippen MR) is 230 cm³/mol. The quantitative estimate of drug-likeness (QED) is 0.104. The van der Waals surface area contributed by atoms with E-state index in [0.717, 1.165) is 87.5 Å². The van der Waals surface area contributed by atoms with Crippen LogP contribution in [0.25, 0.3) is 43.7 Å². The third-order valence-electron chi connectivity index (χ3n) is 12.7. The van der Waals surface area contributed by atoms with Gasteiger partial charge in [0.05, 0.1) is 44.0 Å². The third-order valence-corrected chi connectivity index (χ3v) is 13.8. The van der Waals surface area contributed by atoms with Crippen molar-refractivity contribution in [3.05, 3.63) is 71.4 Å². The van der Waals surface area contributed by atoms with Crippen LogP contribution in [0.2, 0.25) is 0 Å². The van der Waals surface area contributed by atoms with Gasteiger partial charge < -0.3 is 39.9 Å². The number of likely N-dealkylation sites (tertiary alicyclic amines) is 2. The van der Waals surface area contributed by atoms with Crippen LogP contribution >= 0.6 is 11.3 Å². The summed E-state index contributed by atoms with van der Waals surface area (Å²) >= 11 is 1.74. The monoisotopic (exact) mass is 834 g/mol. The Morgan fingerprint density at radius 3 is 2.15 bits per heavy atom. The average Bonchev–Trinajstić information content (AvgIpc) is 4.10. The van der Waals surface area contributed by atoms with Crippen LogP contribution in [-0.2, 0) is 24.6 Å². The number of amides is 4. The van der Waals surface area contributed by atoms with E-state index in [4.69, 9.17) is 19.4 Å². The van der Waals surface area contributed by atoms with Crippen molar-refractivity contribution in [2.24, 2.45) is 17.8 Å². The summed E-state index contributed by atoms with van der Waals surface area (Å²) in [5, 5.41) is 6.63. The topological polar surface area (TPSA) is 175 Å². The van der Waals surface area contributed by atoms with Crippen molar-refractivity contribution in [3.63, 3.8) is 0 Å². The number of aromatic nitrogens is 4. The van der Waals surface area contributed by atoms with E-state index in [0.29, 0.717) is 19.0 Å². The molecule has 1 aliphatic carbocycles. The van der Waals surface area contributed by atoms with Crippen molar-refractivity contribution in [1.82, 2.24) is 40.4 Å². The van der Waals surface area contributed by atoms with Crippen LogP contribution in [0.15, 0.2) is 54.9 Å². The van der Waals surface area contributed by atoms with Crippen molar-refractivity contribution in [1.29, 1.82) is 0 Å². The standard InChI is InChI=1S/C45H54N8O6S/c1-24(2)36(50-43(56)58-6)40(54)52-18-8-9-35(52)39-46-22-34(48-39)31-15-14-30(32-19-26(5)60-38(31)32)28-10-12-29(13-11-28)33-21-47-42(49-33)45-17-16-27(20-45)23-53(45)41(55)37(25(3)4)51-44(57)59-7/h10-15,19,21-22,24-25,27,35-37H,8-9,16-18,20,23H2,1-7H3,(H,46,48)(H,47,49)(H,50,56)(H,51,57)/t27?,35-,36-,37-,45?/m0/s1. The van der Waals surface area contributed by atoms with Crippen LogP contribution in [0.4, 0.5) is 9.59 Å². The number of aryl methyl sites for hydroxylation is 1. The minimum absolute atomic E-state index is 0.104. The highest BCUT2D eigenvalue weighted by molar-refractivity contribution is 7.19. The summed E-state index contributed by atoms with van der Waals surface area (Å²) in [4.78, 5) is 73.7. The van der Waals surface area contributed by atoms with Crippen LogP contribution < -0.4 is 10.6 Å². The number of imidazole rings is 2. The number of methoxy groups -OCH3 is 2. The number of piperidine rings is 1. The molecule has 4 N–H and O–H groups in total. The van der Waals surface area contributed by atoms with E-state index in [-0.39, 0.29) is 29.7 Å². The van der Waals surface area contributed by atoms with Crippen LogP contribution in [-0.4, -0.2) is 93.1 Å². The molecule has 2 aliphatic heterocycles. The van der Waals surface area contributed by atoms with Gasteiger partial charge in [-0.1, -0.05) is 64.1 Å². The Hall–Kier alpha value is -5.70. The van der Waals surface area contributed by atoms with Gasteiger partial charge in [0.25, 0.3) is 0 Å². The number of carbonyl (C=O) groups is 4. The fourth-order valence-electron chi connectivity index (χ4n) is 9.55. The molecule has 0 radical (unpaired) electrons. The van der Waals surface area contributed by atoms with Gasteiger partial charge in [-0.25, -0.2) is 19.6 Å². The number of hydrogen-bond donors (Lipinski definition) is 4. The highest BCUT2D eigenvalue weighted by Crippen LogP contribution is 2.52. The lowest BCUT2D eigenvalue weighted by atomic mass is 9.93. The lowest BCUT2D eigenvalue weighted by Crippen LogP contribution is -2.56. The molecule has 14 nitrogen and oxygen atoms in total. The van der Waals surface area contributed by atoms with E-state index in [1.165, 1.54) is 19.1 Å². The minimum Gasteiger partial charge on any atom is -0.453 e. The second-order valence-electron chi connectivity index (χ2n) is 17.2. The van der Waals surface area contributed by atoms with Gasteiger partial charge in [0.15, 0.2) is 0 Å². The smallest absolute Gasteiger partial charge is 0.407 e. The molecule has 60 heavy (non-hydrogen) atoms.